The van der Waals surface area contributed by atoms with Gasteiger partial charge in [-0.3, -0.25) is 9.36 Å². The van der Waals surface area contributed by atoms with Crippen LogP contribution in [-0.2, 0) is 10.5 Å². The zero-order valence-corrected chi connectivity index (χ0v) is 17.3. The maximum absolute atomic E-state index is 12.9. The molecular weight excluding hydrogens is 390 g/mol. The van der Waals surface area contributed by atoms with Crippen molar-refractivity contribution in [2.75, 3.05) is 25.3 Å². The van der Waals surface area contributed by atoms with E-state index < -0.39 is 6.04 Å². The highest BCUT2D eigenvalue weighted by atomic mass is 32.2. The summed E-state index contributed by atoms with van der Waals surface area (Å²) in [5.41, 5.74) is 7.65. The molecule has 9 heteroatoms. The highest BCUT2D eigenvalue weighted by Gasteiger charge is 2.23. The van der Waals surface area contributed by atoms with E-state index in [1.54, 1.807) is 36.8 Å². The normalized spacial score (nSPS) is 11.7. The number of thioether (sulfide) groups is 1. The Morgan fingerprint density at radius 1 is 1.17 bits per heavy atom. The summed E-state index contributed by atoms with van der Waals surface area (Å²) in [6, 6.07) is 14.5. The number of hydrogen-bond acceptors (Lipinski definition) is 7. The van der Waals surface area contributed by atoms with Crippen molar-refractivity contribution in [3.8, 4) is 11.5 Å². The van der Waals surface area contributed by atoms with Crippen LogP contribution in [0.25, 0.3) is 0 Å². The van der Waals surface area contributed by atoms with Crippen LogP contribution in [0.15, 0.2) is 53.7 Å². The number of rotatable bonds is 8. The van der Waals surface area contributed by atoms with Gasteiger partial charge in [-0.25, -0.2) is 0 Å². The molecule has 8 nitrogen and oxygen atoms in total. The van der Waals surface area contributed by atoms with Gasteiger partial charge < -0.3 is 20.5 Å². The Morgan fingerprint density at radius 3 is 2.62 bits per heavy atom. The van der Waals surface area contributed by atoms with Crippen molar-refractivity contribution in [1.29, 1.82) is 0 Å². The molecule has 0 fully saturated rings. The zero-order valence-electron chi connectivity index (χ0n) is 16.5. The maximum Gasteiger partial charge on any atom is 0.247 e. The lowest BCUT2D eigenvalue weighted by Gasteiger charge is -2.18. The topological polar surface area (TPSA) is 104 Å². The van der Waals surface area contributed by atoms with E-state index in [9.17, 15) is 4.79 Å². The quantitative estimate of drug-likeness (QED) is 0.546. The van der Waals surface area contributed by atoms with Crippen molar-refractivity contribution in [2.45, 2.75) is 23.9 Å². The Balaban J connectivity index is 1.77. The number of hydrogen-bond donors (Lipinski definition) is 2. The maximum atomic E-state index is 12.9. The molecule has 0 aliphatic rings. The zero-order chi connectivity index (χ0) is 20.8. The van der Waals surface area contributed by atoms with Crippen LogP contribution < -0.4 is 20.5 Å². The van der Waals surface area contributed by atoms with E-state index >= 15 is 0 Å². The number of benzene rings is 2. The number of carbonyl (C=O) groups excluding carboxylic acids is 1. The molecule has 1 aromatic heterocycles. The Bertz CT molecular complexity index is 978. The molecule has 0 aliphatic heterocycles. The van der Waals surface area contributed by atoms with Crippen molar-refractivity contribution < 1.29 is 14.3 Å². The van der Waals surface area contributed by atoms with Gasteiger partial charge in [-0.15, -0.1) is 10.2 Å². The third kappa shape index (κ3) is 4.80. The lowest BCUT2D eigenvalue weighted by atomic mass is 10.2. The van der Waals surface area contributed by atoms with E-state index in [1.807, 2.05) is 30.3 Å². The molecule has 0 bridgehead atoms. The van der Waals surface area contributed by atoms with Crippen molar-refractivity contribution in [1.82, 2.24) is 14.8 Å². The van der Waals surface area contributed by atoms with Crippen LogP contribution in [0, 0.1) is 0 Å². The first-order valence-corrected chi connectivity index (χ1v) is 9.92. The third-order valence-electron chi connectivity index (χ3n) is 4.33. The Kier molecular flexibility index (Phi) is 6.61. The first-order chi connectivity index (χ1) is 14.0. The standard InChI is InChI=1S/C20H23N5O3S/c1-13(18(26)22-16-11-15(27-2)9-10-17(16)28-3)25-19(21)23-24-20(25)29-12-14-7-5-4-6-8-14/h4-11,13H,12H2,1-3H3,(H2,21,23)(H,22,26). The summed E-state index contributed by atoms with van der Waals surface area (Å²) in [6.07, 6.45) is 0. The van der Waals surface area contributed by atoms with Crippen LogP contribution >= 0.6 is 11.8 Å². The molecular formula is C20H23N5O3S. The molecule has 3 N–H and O–H groups in total. The number of amides is 1. The second-order valence-electron chi connectivity index (χ2n) is 6.22. The van der Waals surface area contributed by atoms with Crippen molar-refractivity contribution in [2.24, 2.45) is 0 Å². The fourth-order valence-corrected chi connectivity index (χ4v) is 3.72. The van der Waals surface area contributed by atoms with Gasteiger partial charge in [-0.05, 0) is 24.6 Å². The molecule has 152 valence electrons. The number of carbonyl (C=O) groups is 1. The average Bonchev–Trinajstić information content (AvgIpc) is 3.12. The van der Waals surface area contributed by atoms with E-state index in [0.717, 1.165) is 5.56 Å². The van der Waals surface area contributed by atoms with Crippen LogP contribution in [0.3, 0.4) is 0 Å². The molecule has 0 saturated heterocycles. The van der Waals surface area contributed by atoms with Crippen LogP contribution in [0.2, 0.25) is 0 Å². The predicted molar refractivity (Wildman–Crippen MR) is 113 cm³/mol. The predicted octanol–water partition coefficient (Wildman–Crippen LogP) is 3.37. The minimum absolute atomic E-state index is 0.181. The number of anilines is 2. The van der Waals surface area contributed by atoms with Crippen molar-refractivity contribution >= 4 is 29.3 Å². The summed E-state index contributed by atoms with van der Waals surface area (Å²) in [4.78, 5) is 12.9. The number of ether oxygens (including phenoxy) is 2. The summed E-state index contributed by atoms with van der Waals surface area (Å²) >= 11 is 1.47. The number of methoxy groups -OCH3 is 2. The third-order valence-corrected chi connectivity index (χ3v) is 5.35. The lowest BCUT2D eigenvalue weighted by Crippen LogP contribution is -2.25. The van der Waals surface area contributed by atoms with Crippen LogP contribution in [0.1, 0.15) is 18.5 Å². The number of nitrogens with two attached hydrogens (primary N) is 1. The second kappa shape index (κ2) is 9.33. The summed E-state index contributed by atoms with van der Waals surface area (Å²) in [7, 11) is 3.10. The van der Waals surface area contributed by atoms with Gasteiger partial charge in [-0.1, -0.05) is 42.1 Å². The van der Waals surface area contributed by atoms with Crippen LogP contribution in [0.5, 0.6) is 11.5 Å². The minimum Gasteiger partial charge on any atom is -0.497 e. The number of aromatic nitrogens is 3. The van der Waals surface area contributed by atoms with Gasteiger partial charge in [-0.2, -0.15) is 0 Å². The fraction of sp³-hybridized carbons (Fsp3) is 0.250. The van der Waals surface area contributed by atoms with Gasteiger partial charge in [0.2, 0.25) is 11.9 Å². The second-order valence-corrected chi connectivity index (χ2v) is 7.16. The van der Waals surface area contributed by atoms with Gasteiger partial charge in [0.1, 0.15) is 17.5 Å². The van der Waals surface area contributed by atoms with Crippen LogP contribution in [0.4, 0.5) is 11.6 Å². The van der Waals surface area contributed by atoms with Gasteiger partial charge in [0, 0.05) is 11.8 Å². The SMILES string of the molecule is COc1ccc(OC)c(NC(=O)C(C)n2c(N)nnc2SCc2ccccc2)c1. The monoisotopic (exact) mass is 413 g/mol. The number of nitrogens with zero attached hydrogens (tertiary/aromatic N) is 3. The first kappa shape index (κ1) is 20.5. The molecule has 2 aromatic carbocycles. The van der Waals surface area contributed by atoms with E-state index in [0.29, 0.717) is 28.1 Å². The molecule has 0 spiro atoms. The van der Waals surface area contributed by atoms with E-state index in [-0.39, 0.29) is 11.9 Å². The Morgan fingerprint density at radius 2 is 1.93 bits per heavy atom. The van der Waals surface area contributed by atoms with Crippen LogP contribution in [-0.4, -0.2) is 34.9 Å². The Hall–Kier alpha value is -3.20. The van der Waals surface area contributed by atoms with Gasteiger partial charge in [0.25, 0.3) is 0 Å². The molecule has 1 atom stereocenters. The summed E-state index contributed by atoms with van der Waals surface area (Å²) in [6.45, 7) is 1.74. The summed E-state index contributed by atoms with van der Waals surface area (Å²) in [5.74, 6) is 1.74. The highest BCUT2D eigenvalue weighted by Crippen LogP contribution is 2.31. The molecule has 1 unspecified atom stereocenters. The van der Waals surface area contributed by atoms with Crippen molar-refractivity contribution in [3.63, 3.8) is 0 Å². The minimum atomic E-state index is -0.626. The largest absolute Gasteiger partial charge is 0.497 e. The van der Waals surface area contributed by atoms with Gasteiger partial charge in [0.05, 0.1) is 19.9 Å². The van der Waals surface area contributed by atoms with E-state index in [2.05, 4.69) is 15.5 Å². The molecule has 0 radical (unpaired) electrons. The first-order valence-electron chi connectivity index (χ1n) is 8.93. The highest BCUT2D eigenvalue weighted by molar-refractivity contribution is 7.98. The smallest absolute Gasteiger partial charge is 0.247 e. The van der Waals surface area contributed by atoms with Gasteiger partial charge >= 0.3 is 0 Å². The van der Waals surface area contributed by atoms with Crippen molar-refractivity contribution in [3.05, 3.63) is 54.1 Å². The lowest BCUT2D eigenvalue weighted by molar-refractivity contribution is -0.118. The molecule has 29 heavy (non-hydrogen) atoms. The van der Waals surface area contributed by atoms with Gasteiger partial charge in [0.15, 0.2) is 5.16 Å². The molecule has 1 amide bonds. The number of nitrogens with one attached hydrogen (secondary N) is 1. The molecule has 3 aromatic rings. The molecule has 0 saturated carbocycles. The van der Waals surface area contributed by atoms with E-state index in [1.165, 1.54) is 18.9 Å². The molecule has 1 heterocycles. The number of nitrogen functional groups attached to an aromatic ring is 1. The summed E-state index contributed by atoms with van der Waals surface area (Å²) in [5, 5.41) is 11.5. The average molecular weight is 414 g/mol. The molecule has 3 rings (SSSR count). The van der Waals surface area contributed by atoms with E-state index in [4.69, 9.17) is 15.2 Å². The molecule has 0 aliphatic carbocycles. The Labute approximate surface area is 173 Å². The fourth-order valence-electron chi connectivity index (χ4n) is 2.74. The summed E-state index contributed by atoms with van der Waals surface area (Å²) < 4.78 is 12.2.